The van der Waals surface area contributed by atoms with E-state index in [2.05, 4.69) is 0 Å². The van der Waals surface area contributed by atoms with Crippen LogP contribution in [0.2, 0.25) is 0 Å². The van der Waals surface area contributed by atoms with Gasteiger partial charge in [0.05, 0.1) is 12.1 Å². The maximum atomic E-state index is 9.20. The van der Waals surface area contributed by atoms with Crippen LogP contribution in [0.25, 0.3) is 0 Å². The van der Waals surface area contributed by atoms with Crippen LogP contribution < -0.4 is 11.5 Å². The van der Waals surface area contributed by atoms with Gasteiger partial charge in [0, 0.05) is 5.69 Å². The average molecular weight is 166 g/mol. The zero-order chi connectivity index (χ0) is 9.14. The van der Waals surface area contributed by atoms with E-state index in [-0.39, 0.29) is 6.04 Å². The molecule has 0 aliphatic rings. The van der Waals surface area contributed by atoms with Crippen LogP contribution in [0.5, 0.6) is 0 Å². The SMILES string of the molecule is CC(O)C(N)c1cccc(N)c1. The van der Waals surface area contributed by atoms with Gasteiger partial charge in [0.1, 0.15) is 0 Å². The minimum Gasteiger partial charge on any atom is -0.399 e. The monoisotopic (exact) mass is 166 g/mol. The fraction of sp³-hybridized carbons (Fsp3) is 0.333. The van der Waals surface area contributed by atoms with Crippen molar-refractivity contribution in [1.29, 1.82) is 0 Å². The molecule has 0 amide bonds. The summed E-state index contributed by atoms with van der Waals surface area (Å²) >= 11 is 0. The minimum absolute atomic E-state index is 0.353. The molecule has 3 heteroatoms. The maximum Gasteiger partial charge on any atom is 0.0704 e. The van der Waals surface area contributed by atoms with Gasteiger partial charge in [-0.3, -0.25) is 0 Å². The highest BCUT2D eigenvalue weighted by molar-refractivity contribution is 5.41. The fourth-order valence-corrected chi connectivity index (χ4v) is 1.04. The van der Waals surface area contributed by atoms with Crippen molar-refractivity contribution in [2.45, 2.75) is 19.1 Å². The Morgan fingerprint density at radius 3 is 2.58 bits per heavy atom. The summed E-state index contributed by atoms with van der Waals surface area (Å²) in [5.74, 6) is 0. The second kappa shape index (κ2) is 3.56. The van der Waals surface area contributed by atoms with Crippen LogP contribution in [-0.4, -0.2) is 11.2 Å². The molecule has 2 atom stereocenters. The lowest BCUT2D eigenvalue weighted by molar-refractivity contribution is 0.164. The summed E-state index contributed by atoms with van der Waals surface area (Å²) in [5.41, 5.74) is 12.8. The van der Waals surface area contributed by atoms with E-state index in [1.807, 2.05) is 12.1 Å². The number of hydrogen-bond acceptors (Lipinski definition) is 3. The van der Waals surface area contributed by atoms with Gasteiger partial charge in [0.15, 0.2) is 0 Å². The van der Waals surface area contributed by atoms with Gasteiger partial charge in [-0.2, -0.15) is 0 Å². The first-order chi connectivity index (χ1) is 5.61. The molecule has 0 bridgehead atoms. The molecule has 0 spiro atoms. The Morgan fingerprint density at radius 1 is 1.42 bits per heavy atom. The van der Waals surface area contributed by atoms with Crippen LogP contribution in [0.15, 0.2) is 24.3 Å². The van der Waals surface area contributed by atoms with Gasteiger partial charge in [-0.05, 0) is 24.6 Å². The standard InChI is InChI=1S/C9H14N2O/c1-6(12)9(11)7-3-2-4-8(10)5-7/h2-6,9,12H,10-11H2,1H3. The molecule has 3 nitrogen and oxygen atoms in total. The van der Waals surface area contributed by atoms with Crippen molar-refractivity contribution in [1.82, 2.24) is 0 Å². The number of aliphatic hydroxyl groups excluding tert-OH is 1. The molecule has 2 unspecified atom stereocenters. The topological polar surface area (TPSA) is 72.3 Å². The lowest BCUT2D eigenvalue weighted by Gasteiger charge is -2.14. The molecule has 5 N–H and O–H groups in total. The van der Waals surface area contributed by atoms with Crippen LogP contribution in [0.3, 0.4) is 0 Å². The Balaban J connectivity index is 2.88. The van der Waals surface area contributed by atoms with Gasteiger partial charge < -0.3 is 16.6 Å². The van der Waals surface area contributed by atoms with E-state index >= 15 is 0 Å². The lowest BCUT2D eigenvalue weighted by Crippen LogP contribution is -2.23. The van der Waals surface area contributed by atoms with Gasteiger partial charge in [0.2, 0.25) is 0 Å². The molecule has 0 aliphatic carbocycles. The van der Waals surface area contributed by atoms with Gasteiger partial charge in [-0.1, -0.05) is 12.1 Å². The van der Waals surface area contributed by atoms with E-state index in [4.69, 9.17) is 11.5 Å². The molecule has 1 aromatic carbocycles. The third-order valence-electron chi connectivity index (χ3n) is 1.82. The number of hydrogen-bond donors (Lipinski definition) is 3. The fourth-order valence-electron chi connectivity index (χ4n) is 1.04. The Labute approximate surface area is 72.0 Å². The normalized spacial score (nSPS) is 15.6. The summed E-state index contributed by atoms with van der Waals surface area (Å²) in [4.78, 5) is 0. The summed E-state index contributed by atoms with van der Waals surface area (Å²) in [6.45, 7) is 1.66. The molecule has 0 aliphatic heterocycles. The number of aliphatic hydroxyl groups is 1. The quantitative estimate of drug-likeness (QED) is 0.565. The van der Waals surface area contributed by atoms with E-state index < -0.39 is 6.10 Å². The molecule has 0 saturated carbocycles. The molecule has 1 rings (SSSR count). The second-order valence-electron chi connectivity index (χ2n) is 2.94. The zero-order valence-corrected chi connectivity index (χ0v) is 7.07. The number of anilines is 1. The van der Waals surface area contributed by atoms with E-state index in [1.54, 1.807) is 19.1 Å². The second-order valence-corrected chi connectivity index (χ2v) is 2.94. The van der Waals surface area contributed by atoms with Crippen molar-refractivity contribution >= 4 is 5.69 Å². The number of benzene rings is 1. The Hall–Kier alpha value is -1.06. The Morgan fingerprint density at radius 2 is 2.08 bits per heavy atom. The van der Waals surface area contributed by atoms with E-state index in [0.717, 1.165) is 5.56 Å². The molecular weight excluding hydrogens is 152 g/mol. The molecule has 1 aromatic rings. The van der Waals surface area contributed by atoms with Crippen molar-refractivity contribution in [3.63, 3.8) is 0 Å². The highest BCUT2D eigenvalue weighted by Gasteiger charge is 2.11. The summed E-state index contributed by atoms with van der Waals surface area (Å²) in [7, 11) is 0. The smallest absolute Gasteiger partial charge is 0.0704 e. The molecule has 0 radical (unpaired) electrons. The molecule has 0 fully saturated rings. The minimum atomic E-state index is -0.549. The number of nitrogens with two attached hydrogens (primary N) is 2. The lowest BCUT2D eigenvalue weighted by atomic mass is 10.0. The first kappa shape index (κ1) is 9.03. The van der Waals surface area contributed by atoms with Crippen LogP contribution in [0, 0.1) is 0 Å². The zero-order valence-electron chi connectivity index (χ0n) is 7.07. The highest BCUT2D eigenvalue weighted by Crippen LogP contribution is 2.16. The molecule has 66 valence electrons. The van der Waals surface area contributed by atoms with Crippen molar-refractivity contribution < 1.29 is 5.11 Å². The van der Waals surface area contributed by atoms with Crippen molar-refractivity contribution in [3.05, 3.63) is 29.8 Å². The van der Waals surface area contributed by atoms with Gasteiger partial charge in [-0.15, -0.1) is 0 Å². The average Bonchev–Trinajstić information content (AvgIpc) is 2.03. The van der Waals surface area contributed by atoms with Crippen LogP contribution in [-0.2, 0) is 0 Å². The molecule has 0 heterocycles. The first-order valence-electron chi connectivity index (χ1n) is 3.90. The van der Waals surface area contributed by atoms with Gasteiger partial charge in [-0.25, -0.2) is 0 Å². The van der Waals surface area contributed by atoms with Gasteiger partial charge in [0.25, 0.3) is 0 Å². The van der Waals surface area contributed by atoms with Crippen molar-refractivity contribution in [3.8, 4) is 0 Å². The number of nitrogen functional groups attached to an aromatic ring is 1. The van der Waals surface area contributed by atoms with E-state index in [0.29, 0.717) is 5.69 Å². The number of rotatable bonds is 2. The van der Waals surface area contributed by atoms with Crippen LogP contribution in [0.1, 0.15) is 18.5 Å². The van der Waals surface area contributed by atoms with Crippen LogP contribution >= 0.6 is 0 Å². The third-order valence-corrected chi connectivity index (χ3v) is 1.82. The largest absolute Gasteiger partial charge is 0.399 e. The first-order valence-corrected chi connectivity index (χ1v) is 3.90. The molecular formula is C9H14N2O. The highest BCUT2D eigenvalue weighted by atomic mass is 16.3. The van der Waals surface area contributed by atoms with E-state index in [1.165, 1.54) is 0 Å². The molecule has 0 saturated heterocycles. The maximum absolute atomic E-state index is 9.20. The predicted molar refractivity (Wildman–Crippen MR) is 49.5 cm³/mol. The summed E-state index contributed by atoms with van der Waals surface area (Å²) in [6.07, 6.45) is -0.549. The Kier molecular flexibility index (Phi) is 2.68. The van der Waals surface area contributed by atoms with E-state index in [9.17, 15) is 5.11 Å². The molecule has 12 heavy (non-hydrogen) atoms. The third kappa shape index (κ3) is 1.96. The van der Waals surface area contributed by atoms with Crippen molar-refractivity contribution in [2.75, 3.05) is 5.73 Å². The van der Waals surface area contributed by atoms with Gasteiger partial charge >= 0.3 is 0 Å². The van der Waals surface area contributed by atoms with Crippen molar-refractivity contribution in [2.24, 2.45) is 5.73 Å². The summed E-state index contributed by atoms with van der Waals surface area (Å²) in [6, 6.07) is 6.89. The Bertz CT molecular complexity index is 260. The van der Waals surface area contributed by atoms with Crippen LogP contribution in [0.4, 0.5) is 5.69 Å². The summed E-state index contributed by atoms with van der Waals surface area (Å²) < 4.78 is 0. The summed E-state index contributed by atoms with van der Waals surface area (Å²) in [5, 5.41) is 9.20. The molecule has 0 aromatic heterocycles. The predicted octanol–water partition coefficient (Wildman–Crippen LogP) is 0.649.